The third-order valence-electron chi connectivity index (χ3n) is 8.36. The molecule has 2 aromatic carbocycles. The largest absolute Gasteiger partial charge is 0.387 e. The van der Waals surface area contributed by atoms with Gasteiger partial charge in [-0.05, 0) is 85.9 Å². The Morgan fingerprint density at radius 3 is 2.68 bits per heavy atom. The first-order valence-corrected chi connectivity index (χ1v) is 16.1. The Morgan fingerprint density at radius 2 is 1.95 bits per heavy atom. The van der Waals surface area contributed by atoms with Crippen LogP contribution in [-0.2, 0) is 11.2 Å². The zero-order valence-corrected chi connectivity index (χ0v) is 26.8. The van der Waals surface area contributed by atoms with Gasteiger partial charge in [0.1, 0.15) is 5.65 Å². The second-order valence-electron chi connectivity index (χ2n) is 12.6. The number of aliphatic imine (C=N–C) groups is 1. The van der Waals surface area contributed by atoms with E-state index in [1.807, 2.05) is 50.2 Å². The van der Waals surface area contributed by atoms with Crippen LogP contribution >= 0.6 is 11.6 Å². The van der Waals surface area contributed by atoms with Gasteiger partial charge in [-0.15, -0.1) is 0 Å². The fourth-order valence-electron chi connectivity index (χ4n) is 5.75. The van der Waals surface area contributed by atoms with Crippen LogP contribution in [0.2, 0.25) is 5.02 Å². The summed E-state index contributed by atoms with van der Waals surface area (Å²) in [6.07, 6.45) is 8.70. The molecule has 0 unspecified atom stereocenters. The number of ether oxygens (including phenoxy) is 1. The number of nitrogens with zero attached hydrogens (tertiary/aromatic N) is 3. The van der Waals surface area contributed by atoms with Gasteiger partial charge in [-0.1, -0.05) is 57.8 Å². The van der Waals surface area contributed by atoms with Crippen molar-refractivity contribution in [2.24, 2.45) is 22.6 Å². The molecule has 1 aliphatic rings. The molecule has 5 rings (SSSR count). The highest BCUT2D eigenvalue weighted by molar-refractivity contribution is 6.31. The Labute approximate surface area is 263 Å². The maximum absolute atomic E-state index is 15.1. The van der Waals surface area contributed by atoms with Crippen molar-refractivity contribution in [2.45, 2.75) is 84.8 Å². The van der Waals surface area contributed by atoms with Crippen LogP contribution in [0.1, 0.15) is 83.5 Å². The van der Waals surface area contributed by atoms with Crippen molar-refractivity contribution in [3.8, 4) is 16.9 Å². The van der Waals surface area contributed by atoms with E-state index in [2.05, 4.69) is 28.8 Å². The fourth-order valence-corrected chi connectivity index (χ4v) is 5.99. The van der Waals surface area contributed by atoms with Crippen molar-refractivity contribution in [1.82, 2.24) is 14.5 Å². The topological polar surface area (TPSA) is 98.3 Å². The van der Waals surface area contributed by atoms with Crippen LogP contribution in [0.4, 0.5) is 4.39 Å². The van der Waals surface area contributed by atoms with Crippen LogP contribution in [-0.4, -0.2) is 33.0 Å². The van der Waals surface area contributed by atoms with Crippen LogP contribution in [0, 0.1) is 17.7 Å². The smallest absolute Gasteiger partial charge is 0.354 e. The third-order valence-corrected chi connectivity index (χ3v) is 8.64. The zero-order valence-electron chi connectivity index (χ0n) is 26.1. The van der Waals surface area contributed by atoms with Crippen molar-refractivity contribution in [2.75, 3.05) is 6.54 Å². The van der Waals surface area contributed by atoms with Crippen LogP contribution in [0.5, 0.6) is 0 Å². The number of amidine groups is 1. The van der Waals surface area contributed by atoms with E-state index in [-0.39, 0.29) is 23.1 Å². The molecule has 1 fully saturated rings. The molecule has 0 saturated carbocycles. The fraction of sp³-hybridized carbons (Fsp3) is 0.457. The highest BCUT2D eigenvalue weighted by Crippen LogP contribution is 2.34. The van der Waals surface area contributed by atoms with E-state index in [1.54, 1.807) is 12.3 Å². The Kier molecular flexibility index (Phi) is 10.2. The molecule has 4 aromatic rings. The summed E-state index contributed by atoms with van der Waals surface area (Å²) in [5.41, 5.74) is 9.63. The normalized spacial score (nSPS) is 17.7. The lowest BCUT2D eigenvalue weighted by molar-refractivity contribution is -0.0535. The van der Waals surface area contributed by atoms with Gasteiger partial charge < -0.3 is 15.5 Å². The van der Waals surface area contributed by atoms with E-state index in [0.29, 0.717) is 46.3 Å². The quantitative estimate of drug-likeness (QED) is 0.131. The molecule has 1 aliphatic heterocycles. The van der Waals surface area contributed by atoms with Gasteiger partial charge in [-0.3, -0.25) is 9.56 Å². The number of halogens is 2. The van der Waals surface area contributed by atoms with Gasteiger partial charge in [-0.2, -0.15) is 4.98 Å². The highest BCUT2D eigenvalue weighted by Gasteiger charge is 2.24. The molecule has 7 nitrogen and oxygen atoms in total. The molecule has 0 aliphatic carbocycles. The molecule has 0 spiro atoms. The molecular weight excluding hydrogens is 577 g/mol. The summed E-state index contributed by atoms with van der Waals surface area (Å²) in [6.45, 7) is 9.13. The number of hydrogen-bond donors (Lipinski definition) is 2. The number of benzene rings is 2. The van der Waals surface area contributed by atoms with E-state index >= 15 is 4.39 Å². The Morgan fingerprint density at radius 1 is 1.18 bits per heavy atom. The molecule has 3 heterocycles. The molecule has 0 amide bonds. The average molecular weight is 620 g/mol. The first kappa shape index (κ1) is 31.9. The summed E-state index contributed by atoms with van der Waals surface area (Å²) < 4.78 is 23.1. The Balaban J connectivity index is 1.32. The molecule has 0 radical (unpaired) electrons. The summed E-state index contributed by atoms with van der Waals surface area (Å²) in [4.78, 5) is 24.9. The number of H-pyrrole nitrogens is 1. The molecule has 1 saturated heterocycles. The SMILES string of the molecule is CC(C)CCCc1cc(Cl)c(F)c(-c2cc3cn(-c4ccc([C@@H]5CCC[C@@H](CCN=C(N)C(C)C)O5)cc4)c(=O)nc3[nH]2)c1. The van der Waals surface area contributed by atoms with Gasteiger partial charge in [0.2, 0.25) is 0 Å². The van der Waals surface area contributed by atoms with Crippen LogP contribution in [0.3, 0.4) is 0 Å². The number of aromatic nitrogens is 3. The van der Waals surface area contributed by atoms with Crippen molar-refractivity contribution in [1.29, 1.82) is 0 Å². The summed E-state index contributed by atoms with van der Waals surface area (Å²) >= 11 is 6.28. The van der Waals surface area contributed by atoms with E-state index in [0.717, 1.165) is 56.1 Å². The Hall–Kier alpha value is -3.49. The number of hydrogen-bond acceptors (Lipinski definition) is 4. The maximum atomic E-state index is 15.1. The van der Waals surface area contributed by atoms with Gasteiger partial charge in [0.05, 0.1) is 34.4 Å². The van der Waals surface area contributed by atoms with Gasteiger partial charge in [0, 0.05) is 29.6 Å². The summed E-state index contributed by atoms with van der Waals surface area (Å²) in [6, 6.07) is 13.2. The minimum atomic E-state index is -0.490. The van der Waals surface area contributed by atoms with Gasteiger partial charge >= 0.3 is 5.69 Å². The number of nitrogens with two attached hydrogens (primary N) is 1. The molecule has 9 heteroatoms. The predicted molar refractivity (Wildman–Crippen MR) is 177 cm³/mol. The van der Waals surface area contributed by atoms with Crippen LogP contribution < -0.4 is 11.4 Å². The second kappa shape index (κ2) is 14.1. The van der Waals surface area contributed by atoms with Crippen molar-refractivity contribution in [3.05, 3.63) is 81.1 Å². The number of aromatic amines is 1. The molecule has 234 valence electrons. The molecule has 2 atom stereocenters. The van der Waals surface area contributed by atoms with E-state index in [9.17, 15) is 4.79 Å². The Bertz CT molecular complexity index is 1680. The van der Waals surface area contributed by atoms with E-state index < -0.39 is 11.5 Å². The minimum Gasteiger partial charge on any atom is -0.387 e. The summed E-state index contributed by atoms with van der Waals surface area (Å²) in [5.74, 6) is 1.05. The van der Waals surface area contributed by atoms with Gasteiger partial charge in [0.15, 0.2) is 5.82 Å². The third kappa shape index (κ3) is 7.59. The lowest BCUT2D eigenvalue weighted by Crippen LogP contribution is -2.24. The molecule has 0 bridgehead atoms. The summed E-state index contributed by atoms with van der Waals surface area (Å²) in [5, 5.41) is 0.787. The van der Waals surface area contributed by atoms with Crippen LogP contribution in [0.25, 0.3) is 28.0 Å². The molecule has 44 heavy (non-hydrogen) atoms. The number of fused-ring (bicyclic) bond motifs is 1. The number of aryl methyl sites for hydroxylation is 1. The minimum absolute atomic E-state index is 0.00152. The monoisotopic (exact) mass is 619 g/mol. The van der Waals surface area contributed by atoms with Crippen molar-refractivity contribution >= 4 is 28.5 Å². The van der Waals surface area contributed by atoms with Gasteiger partial charge in [-0.25, -0.2) is 9.18 Å². The first-order chi connectivity index (χ1) is 21.1. The lowest BCUT2D eigenvalue weighted by Gasteiger charge is -2.30. The van der Waals surface area contributed by atoms with Crippen molar-refractivity contribution < 1.29 is 9.13 Å². The zero-order chi connectivity index (χ0) is 31.4. The standard InChI is InChI=1S/C35H43ClFN5O2/c1-21(2)7-5-8-23-17-28(32(37)29(36)18-23)30-19-25-20-42(35(43)41-34(25)40-30)26-13-11-24(12-14-26)31-10-6-9-27(44-31)15-16-39-33(38)22(3)4/h11-14,17-22,27,31H,5-10,15-16H2,1-4H3,(H2,38,39)(H,40,41,43)/t27-,31-/m0/s1. The first-order valence-electron chi connectivity index (χ1n) is 15.8. The molecular formula is C35H43ClFN5O2. The van der Waals surface area contributed by atoms with Gasteiger partial charge in [0.25, 0.3) is 0 Å². The van der Waals surface area contributed by atoms with E-state index in [1.165, 1.54) is 4.57 Å². The number of nitrogens with one attached hydrogen (secondary N) is 1. The summed E-state index contributed by atoms with van der Waals surface area (Å²) in [7, 11) is 0. The second-order valence-corrected chi connectivity index (χ2v) is 13.0. The molecule has 2 aromatic heterocycles. The van der Waals surface area contributed by atoms with Crippen LogP contribution in [0.15, 0.2) is 58.4 Å². The highest BCUT2D eigenvalue weighted by atomic mass is 35.5. The lowest BCUT2D eigenvalue weighted by atomic mass is 9.97. The average Bonchev–Trinajstić information content (AvgIpc) is 3.41. The van der Waals surface area contributed by atoms with Crippen molar-refractivity contribution in [3.63, 3.8) is 0 Å². The van der Waals surface area contributed by atoms with E-state index in [4.69, 9.17) is 22.1 Å². The maximum Gasteiger partial charge on any atom is 0.354 e. The molecule has 3 N–H and O–H groups in total. The number of rotatable bonds is 11. The predicted octanol–water partition coefficient (Wildman–Crippen LogP) is 8.17.